The minimum Gasteiger partial charge on any atom is -0.332 e. The van der Waals surface area contributed by atoms with Crippen molar-refractivity contribution in [2.45, 2.75) is 52.7 Å². The molecule has 0 aromatic carbocycles. The summed E-state index contributed by atoms with van der Waals surface area (Å²) in [6.45, 7) is 10.6. The summed E-state index contributed by atoms with van der Waals surface area (Å²) in [5, 5.41) is 12.2. The summed E-state index contributed by atoms with van der Waals surface area (Å²) in [4.78, 5) is 16.1. The molecular weight excluding hydrogens is 298 g/mol. The fourth-order valence-corrected chi connectivity index (χ4v) is 2.62. The first kappa shape index (κ1) is 16.5. The zero-order valence-electron chi connectivity index (χ0n) is 13.7. The van der Waals surface area contributed by atoms with Gasteiger partial charge in [-0.2, -0.15) is 5.10 Å². The van der Waals surface area contributed by atoms with Crippen LogP contribution in [0.1, 0.15) is 50.7 Å². The second-order valence-corrected chi connectivity index (χ2v) is 7.03. The molecule has 0 aliphatic rings. The number of urea groups is 1. The second-order valence-electron chi connectivity index (χ2n) is 6.31. The largest absolute Gasteiger partial charge is 0.332 e. The van der Waals surface area contributed by atoms with Crippen molar-refractivity contribution in [3.05, 3.63) is 34.0 Å². The van der Waals surface area contributed by atoms with Gasteiger partial charge >= 0.3 is 6.03 Å². The van der Waals surface area contributed by atoms with E-state index in [-0.39, 0.29) is 17.6 Å². The van der Waals surface area contributed by atoms with Crippen molar-refractivity contribution in [1.82, 2.24) is 25.4 Å². The standard InChI is InChI=1S/C15H23N5OS/c1-10(13-7-20(15(3,4)5)19-11(13)2)18-14(21)16-6-12-8-22-9-17-12/h7-10H,6H2,1-5H3,(H2,16,18,21). The summed E-state index contributed by atoms with van der Waals surface area (Å²) in [5.41, 5.74) is 4.50. The first-order chi connectivity index (χ1) is 10.3. The van der Waals surface area contributed by atoms with E-state index in [1.807, 2.05) is 30.1 Å². The van der Waals surface area contributed by atoms with E-state index in [1.54, 1.807) is 5.51 Å². The van der Waals surface area contributed by atoms with Gasteiger partial charge in [-0.1, -0.05) is 0 Å². The Morgan fingerprint density at radius 3 is 2.73 bits per heavy atom. The lowest BCUT2D eigenvalue weighted by Gasteiger charge is -2.19. The highest BCUT2D eigenvalue weighted by molar-refractivity contribution is 7.07. The van der Waals surface area contributed by atoms with Crippen LogP contribution >= 0.6 is 11.3 Å². The van der Waals surface area contributed by atoms with E-state index in [0.717, 1.165) is 17.0 Å². The van der Waals surface area contributed by atoms with Crippen molar-refractivity contribution >= 4 is 17.4 Å². The summed E-state index contributed by atoms with van der Waals surface area (Å²) in [5.74, 6) is 0. The number of amides is 2. The van der Waals surface area contributed by atoms with Gasteiger partial charge in [0, 0.05) is 17.1 Å². The van der Waals surface area contributed by atoms with E-state index in [1.165, 1.54) is 11.3 Å². The lowest BCUT2D eigenvalue weighted by Crippen LogP contribution is -2.36. The maximum Gasteiger partial charge on any atom is 0.315 e. The number of hydrogen-bond donors (Lipinski definition) is 2. The van der Waals surface area contributed by atoms with E-state index in [9.17, 15) is 4.79 Å². The molecule has 1 unspecified atom stereocenters. The predicted molar refractivity (Wildman–Crippen MR) is 87.9 cm³/mol. The van der Waals surface area contributed by atoms with E-state index in [0.29, 0.717) is 6.54 Å². The molecule has 0 saturated carbocycles. The number of nitrogens with one attached hydrogen (secondary N) is 2. The van der Waals surface area contributed by atoms with Crippen LogP contribution in [0.25, 0.3) is 0 Å². The number of hydrogen-bond acceptors (Lipinski definition) is 4. The van der Waals surface area contributed by atoms with Crippen molar-refractivity contribution in [1.29, 1.82) is 0 Å². The number of rotatable bonds is 4. The molecule has 0 bridgehead atoms. The zero-order valence-corrected chi connectivity index (χ0v) is 14.5. The topological polar surface area (TPSA) is 71.8 Å². The Morgan fingerprint density at radius 1 is 1.45 bits per heavy atom. The van der Waals surface area contributed by atoms with Gasteiger partial charge in [0.25, 0.3) is 0 Å². The minimum atomic E-state index is -0.205. The summed E-state index contributed by atoms with van der Waals surface area (Å²) < 4.78 is 1.93. The van der Waals surface area contributed by atoms with Crippen LogP contribution in [0.3, 0.4) is 0 Å². The molecule has 7 heteroatoms. The Labute approximate surface area is 135 Å². The normalized spacial score (nSPS) is 13.0. The van der Waals surface area contributed by atoms with Gasteiger partial charge in [-0.3, -0.25) is 4.68 Å². The van der Waals surface area contributed by atoms with Crippen molar-refractivity contribution in [3.8, 4) is 0 Å². The van der Waals surface area contributed by atoms with Gasteiger partial charge < -0.3 is 10.6 Å². The van der Waals surface area contributed by atoms with Gasteiger partial charge in [-0.15, -0.1) is 11.3 Å². The molecule has 1 atom stereocenters. The fraction of sp³-hybridized carbons (Fsp3) is 0.533. The molecule has 0 aliphatic carbocycles. The molecule has 0 saturated heterocycles. The molecule has 0 radical (unpaired) electrons. The molecule has 2 aromatic heterocycles. The first-order valence-corrected chi connectivity index (χ1v) is 8.19. The average Bonchev–Trinajstić information content (AvgIpc) is 3.04. The molecule has 2 N–H and O–H groups in total. The number of thiazole rings is 1. The molecule has 2 aromatic rings. The highest BCUT2D eigenvalue weighted by atomic mass is 32.1. The molecular formula is C15H23N5OS. The third-order valence-corrected chi connectivity index (χ3v) is 3.99. The van der Waals surface area contributed by atoms with Gasteiger partial charge in [0.1, 0.15) is 0 Å². The molecule has 22 heavy (non-hydrogen) atoms. The summed E-state index contributed by atoms with van der Waals surface area (Å²) in [6, 6.07) is -0.310. The van der Waals surface area contributed by atoms with Gasteiger partial charge in [-0.25, -0.2) is 9.78 Å². The number of aromatic nitrogens is 3. The van der Waals surface area contributed by atoms with Gasteiger partial charge in [0.15, 0.2) is 0 Å². The van der Waals surface area contributed by atoms with Crippen LogP contribution in [-0.4, -0.2) is 20.8 Å². The quantitative estimate of drug-likeness (QED) is 0.909. The van der Waals surface area contributed by atoms with Crippen LogP contribution in [0.4, 0.5) is 4.79 Å². The van der Waals surface area contributed by atoms with Crippen LogP contribution in [0.2, 0.25) is 0 Å². The van der Waals surface area contributed by atoms with Crippen LogP contribution < -0.4 is 10.6 Å². The predicted octanol–water partition coefficient (Wildman–Crippen LogP) is 2.96. The van der Waals surface area contributed by atoms with Crippen molar-refractivity contribution in [3.63, 3.8) is 0 Å². The summed E-state index contributed by atoms with van der Waals surface area (Å²) in [7, 11) is 0. The van der Waals surface area contributed by atoms with Crippen molar-refractivity contribution in [2.75, 3.05) is 0 Å². The van der Waals surface area contributed by atoms with Gasteiger partial charge in [-0.05, 0) is 34.6 Å². The maximum absolute atomic E-state index is 12.0. The number of carbonyl (C=O) groups is 1. The molecule has 0 aliphatic heterocycles. The van der Waals surface area contributed by atoms with E-state index >= 15 is 0 Å². The highest BCUT2D eigenvalue weighted by Crippen LogP contribution is 2.20. The lowest BCUT2D eigenvalue weighted by atomic mass is 10.1. The van der Waals surface area contributed by atoms with E-state index in [4.69, 9.17) is 0 Å². The Hall–Kier alpha value is -1.89. The molecule has 2 amide bonds. The van der Waals surface area contributed by atoms with E-state index in [2.05, 4.69) is 41.5 Å². The van der Waals surface area contributed by atoms with Gasteiger partial charge in [0.05, 0.1) is 35.0 Å². The second kappa shape index (κ2) is 6.48. The van der Waals surface area contributed by atoms with Crippen molar-refractivity contribution in [2.24, 2.45) is 0 Å². The average molecular weight is 321 g/mol. The van der Waals surface area contributed by atoms with Crippen LogP contribution in [0, 0.1) is 6.92 Å². The summed E-state index contributed by atoms with van der Waals surface area (Å²) >= 11 is 1.52. The Balaban J connectivity index is 1.95. The number of aryl methyl sites for hydroxylation is 1. The maximum atomic E-state index is 12.0. The lowest BCUT2D eigenvalue weighted by molar-refractivity contribution is 0.237. The van der Waals surface area contributed by atoms with Crippen LogP contribution in [0.15, 0.2) is 17.1 Å². The number of nitrogens with zero attached hydrogens (tertiary/aromatic N) is 3. The number of carbonyl (C=O) groups excluding carboxylic acids is 1. The molecule has 0 spiro atoms. The Morgan fingerprint density at radius 2 is 2.18 bits per heavy atom. The fourth-order valence-electron chi connectivity index (χ4n) is 2.06. The first-order valence-electron chi connectivity index (χ1n) is 7.25. The SMILES string of the molecule is Cc1nn(C(C)(C)C)cc1C(C)NC(=O)NCc1cscn1. The third kappa shape index (κ3) is 4.07. The third-order valence-electron chi connectivity index (χ3n) is 3.35. The van der Waals surface area contributed by atoms with Crippen LogP contribution in [0.5, 0.6) is 0 Å². The van der Waals surface area contributed by atoms with Gasteiger partial charge in [0.2, 0.25) is 0 Å². The minimum absolute atomic E-state index is 0.0738. The molecule has 6 nitrogen and oxygen atoms in total. The molecule has 0 fully saturated rings. The van der Waals surface area contributed by atoms with Crippen molar-refractivity contribution < 1.29 is 4.79 Å². The highest BCUT2D eigenvalue weighted by Gasteiger charge is 2.20. The zero-order chi connectivity index (χ0) is 16.3. The smallest absolute Gasteiger partial charge is 0.315 e. The van der Waals surface area contributed by atoms with Crippen LogP contribution in [-0.2, 0) is 12.1 Å². The Bertz CT molecular complexity index is 627. The van der Waals surface area contributed by atoms with E-state index < -0.39 is 0 Å². The Kier molecular flexibility index (Phi) is 4.85. The molecule has 120 valence electrons. The summed E-state index contributed by atoms with van der Waals surface area (Å²) in [6.07, 6.45) is 2.00. The molecule has 2 rings (SSSR count). The monoisotopic (exact) mass is 321 g/mol. The molecule has 2 heterocycles.